The van der Waals surface area contributed by atoms with E-state index in [1.165, 1.54) is 8.61 Å². The molecule has 0 amide bonds. The molecular formula is C15H23N3O4S. The van der Waals surface area contributed by atoms with Crippen LogP contribution in [-0.4, -0.2) is 68.0 Å². The molecule has 8 heteroatoms. The zero-order valence-corrected chi connectivity index (χ0v) is 14.3. The Kier molecular flexibility index (Phi) is 4.70. The van der Waals surface area contributed by atoms with Crippen molar-refractivity contribution < 1.29 is 17.9 Å². The van der Waals surface area contributed by atoms with E-state index in [0.29, 0.717) is 32.9 Å². The molecule has 3 rings (SSSR count). The number of hydrogen-bond acceptors (Lipinski definition) is 5. The Hall–Kier alpha value is -1.06. The first kappa shape index (κ1) is 16.8. The Morgan fingerprint density at radius 2 is 2.09 bits per heavy atom. The minimum Gasteiger partial charge on any atom is -0.376 e. The summed E-state index contributed by atoms with van der Waals surface area (Å²) in [4.78, 5) is 3.98. The van der Waals surface area contributed by atoms with Gasteiger partial charge < -0.3 is 9.47 Å². The quantitative estimate of drug-likeness (QED) is 0.753. The van der Waals surface area contributed by atoms with E-state index in [0.717, 1.165) is 12.0 Å². The Bertz CT molecular complexity index is 629. The molecule has 0 bridgehead atoms. The number of ether oxygens (including phenoxy) is 2. The summed E-state index contributed by atoms with van der Waals surface area (Å²) in [7, 11) is -0.258. The number of hydrogen-bond donors (Lipinski definition) is 0. The van der Waals surface area contributed by atoms with Gasteiger partial charge in [-0.1, -0.05) is 0 Å². The SMILES string of the molecule is CN(C)S(=O)(=O)N1CC2(C1)OCC[C@@H]2COCc1ccncc1. The van der Waals surface area contributed by atoms with Gasteiger partial charge in [0, 0.05) is 52.1 Å². The monoisotopic (exact) mass is 341 g/mol. The highest BCUT2D eigenvalue weighted by atomic mass is 32.2. The van der Waals surface area contributed by atoms with Gasteiger partial charge in [-0.05, 0) is 24.1 Å². The molecule has 3 heterocycles. The van der Waals surface area contributed by atoms with Crippen LogP contribution in [0.2, 0.25) is 0 Å². The molecular weight excluding hydrogens is 318 g/mol. The average Bonchev–Trinajstić information content (AvgIpc) is 2.90. The molecule has 0 aromatic carbocycles. The van der Waals surface area contributed by atoms with Crippen molar-refractivity contribution >= 4 is 10.2 Å². The van der Waals surface area contributed by atoms with Crippen molar-refractivity contribution in [1.82, 2.24) is 13.6 Å². The fraction of sp³-hybridized carbons (Fsp3) is 0.667. The van der Waals surface area contributed by atoms with Crippen LogP contribution < -0.4 is 0 Å². The molecule has 1 aromatic heterocycles. The lowest BCUT2D eigenvalue weighted by Crippen LogP contribution is -2.67. The molecule has 2 aliphatic heterocycles. The zero-order valence-electron chi connectivity index (χ0n) is 13.5. The third-order valence-electron chi connectivity index (χ3n) is 4.61. The van der Waals surface area contributed by atoms with Crippen molar-refractivity contribution in [2.24, 2.45) is 5.92 Å². The third kappa shape index (κ3) is 3.27. The van der Waals surface area contributed by atoms with E-state index in [1.54, 1.807) is 26.5 Å². The second-order valence-corrected chi connectivity index (χ2v) is 8.47. The van der Waals surface area contributed by atoms with Gasteiger partial charge in [-0.2, -0.15) is 17.0 Å². The van der Waals surface area contributed by atoms with Crippen LogP contribution >= 0.6 is 0 Å². The van der Waals surface area contributed by atoms with Crippen LogP contribution in [0.25, 0.3) is 0 Å². The number of rotatable bonds is 6. The number of aromatic nitrogens is 1. The van der Waals surface area contributed by atoms with Crippen LogP contribution in [0, 0.1) is 5.92 Å². The molecule has 0 radical (unpaired) electrons. The van der Waals surface area contributed by atoms with Gasteiger partial charge >= 0.3 is 0 Å². The minimum atomic E-state index is -3.35. The average molecular weight is 341 g/mol. The van der Waals surface area contributed by atoms with E-state index in [1.807, 2.05) is 12.1 Å². The van der Waals surface area contributed by atoms with E-state index in [-0.39, 0.29) is 11.5 Å². The van der Waals surface area contributed by atoms with Gasteiger partial charge in [-0.25, -0.2) is 0 Å². The standard InChI is InChI=1S/C15H23N3O4S/c1-17(2)23(19,20)18-11-15(12-18)14(5-8-22-15)10-21-9-13-3-6-16-7-4-13/h3-4,6-7,14H,5,8-12H2,1-2H3/t14-/m1/s1. The maximum Gasteiger partial charge on any atom is 0.281 e. The molecule has 2 aliphatic rings. The fourth-order valence-electron chi connectivity index (χ4n) is 3.11. The zero-order chi connectivity index (χ0) is 16.5. The molecule has 2 fully saturated rings. The summed E-state index contributed by atoms with van der Waals surface area (Å²) in [6.07, 6.45) is 4.40. The first-order chi connectivity index (χ1) is 10.9. The van der Waals surface area contributed by atoms with Crippen LogP contribution in [0.15, 0.2) is 24.5 Å². The Labute approximate surface area is 137 Å². The Balaban J connectivity index is 1.53. The highest BCUT2D eigenvalue weighted by Gasteiger charge is 2.56. The van der Waals surface area contributed by atoms with Gasteiger partial charge in [0.05, 0.1) is 13.2 Å². The predicted octanol–water partition coefficient (Wildman–Crippen LogP) is 0.496. The maximum absolute atomic E-state index is 12.1. The molecule has 23 heavy (non-hydrogen) atoms. The minimum absolute atomic E-state index is 0.234. The lowest BCUT2D eigenvalue weighted by atomic mass is 9.83. The van der Waals surface area contributed by atoms with E-state index in [2.05, 4.69) is 4.98 Å². The Morgan fingerprint density at radius 1 is 1.39 bits per heavy atom. The van der Waals surface area contributed by atoms with Gasteiger partial charge in [0.15, 0.2) is 0 Å². The summed E-state index contributed by atoms with van der Waals surface area (Å²) >= 11 is 0. The van der Waals surface area contributed by atoms with Crippen molar-refractivity contribution in [2.75, 3.05) is 40.4 Å². The van der Waals surface area contributed by atoms with Gasteiger partial charge in [0.2, 0.25) is 0 Å². The molecule has 7 nitrogen and oxygen atoms in total. The second kappa shape index (κ2) is 6.45. The van der Waals surface area contributed by atoms with Crippen LogP contribution in [0.5, 0.6) is 0 Å². The second-order valence-electron chi connectivity index (χ2n) is 6.33. The predicted molar refractivity (Wildman–Crippen MR) is 84.9 cm³/mol. The van der Waals surface area contributed by atoms with Gasteiger partial charge in [-0.15, -0.1) is 0 Å². The Morgan fingerprint density at radius 3 is 2.74 bits per heavy atom. The van der Waals surface area contributed by atoms with Gasteiger partial charge in [-0.3, -0.25) is 4.98 Å². The first-order valence-electron chi connectivity index (χ1n) is 7.72. The van der Waals surface area contributed by atoms with Gasteiger partial charge in [0.25, 0.3) is 10.2 Å². The molecule has 0 aliphatic carbocycles. The number of pyridine rings is 1. The molecule has 1 atom stereocenters. The highest BCUT2D eigenvalue weighted by molar-refractivity contribution is 7.86. The fourth-order valence-corrected chi connectivity index (χ4v) is 4.34. The topological polar surface area (TPSA) is 72.0 Å². The van der Waals surface area contributed by atoms with E-state index in [4.69, 9.17) is 9.47 Å². The molecule has 2 saturated heterocycles. The normalized spacial score (nSPS) is 24.2. The summed E-state index contributed by atoms with van der Waals surface area (Å²) in [6, 6.07) is 3.85. The molecule has 128 valence electrons. The van der Waals surface area contributed by atoms with Gasteiger partial charge in [0.1, 0.15) is 5.60 Å². The van der Waals surface area contributed by atoms with Crippen LogP contribution in [0.3, 0.4) is 0 Å². The molecule has 0 N–H and O–H groups in total. The molecule has 1 spiro atoms. The van der Waals surface area contributed by atoms with Crippen LogP contribution in [-0.2, 0) is 26.3 Å². The van der Waals surface area contributed by atoms with E-state index >= 15 is 0 Å². The van der Waals surface area contributed by atoms with Crippen molar-refractivity contribution in [3.8, 4) is 0 Å². The largest absolute Gasteiger partial charge is 0.376 e. The summed E-state index contributed by atoms with van der Waals surface area (Å²) < 4.78 is 38.6. The lowest BCUT2D eigenvalue weighted by Gasteiger charge is -2.49. The molecule has 0 saturated carbocycles. The summed E-state index contributed by atoms with van der Waals surface area (Å²) in [5, 5.41) is 0. The van der Waals surface area contributed by atoms with E-state index < -0.39 is 10.2 Å². The molecule has 1 aromatic rings. The van der Waals surface area contributed by atoms with Crippen LogP contribution in [0.1, 0.15) is 12.0 Å². The highest BCUT2D eigenvalue weighted by Crippen LogP contribution is 2.41. The smallest absolute Gasteiger partial charge is 0.281 e. The van der Waals surface area contributed by atoms with Crippen molar-refractivity contribution in [1.29, 1.82) is 0 Å². The first-order valence-corrected chi connectivity index (χ1v) is 9.12. The summed E-state index contributed by atoms with van der Waals surface area (Å²) in [6.45, 7) is 2.61. The van der Waals surface area contributed by atoms with Crippen molar-refractivity contribution in [3.63, 3.8) is 0 Å². The van der Waals surface area contributed by atoms with Crippen LogP contribution in [0.4, 0.5) is 0 Å². The summed E-state index contributed by atoms with van der Waals surface area (Å²) in [5.41, 5.74) is 0.708. The van der Waals surface area contributed by atoms with Crippen molar-refractivity contribution in [2.45, 2.75) is 18.6 Å². The number of nitrogens with zero attached hydrogens (tertiary/aromatic N) is 3. The third-order valence-corrected chi connectivity index (χ3v) is 6.45. The van der Waals surface area contributed by atoms with E-state index in [9.17, 15) is 8.42 Å². The summed E-state index contributed by atoms with van der Waals surface area (Å²) in [5.74, 6) is 0.234. The molecule has 0 unspecified atom stereocenters. The maximum atomic E-state index is 12.1. The lowest BCUT2D eigenvalue weighted by molar-refractivity contribution is -0.116. The van der Waals surface area contributed by atoms with Crippen molar-refractivity contribution in [3.05, 3.63) is 30.1 Å².